The fourth-order valence-corrected chi connectivity index (χ4v) is 1.72. The Hall–Kier alpha value is -2.09. The van der Waals surface area contributed by atoms with Gasteiger partial charge in [0.25, 0.3) is 0 Å². The van der Waals surface area contributed by atoms with E-state index in [0.717, 1.165) is 21.4 Å². The van der Waals surface area contributed by atoms with E-state index in [0.29, 0.717) is 5.69 Å². The van der Waals surface area contributed by atoms with Crippen molar-refractivity contribution in [3.63, 3.8) is 0 Å². The Labute approximate surface area is 101 Å². The summed E-state index contributed by atoms with van der Waals surface area (Å²) in [4.78, 5) is 0. The predicted octanol–water partition coefficient (Wildman–Crippen LogP) is 3.56. The highest BCUT2D eigenvalue weighted by molar-refractivity contribution is 5.76. The first-order valence-electron chi connectivity index (χ1n) is 5.61. The van der Waals surface area contributed by atoms with Crippen molar-refractivity contribution >= 4 is 11.9 Å². The van der Waals surface area contributed by atoms with Gasteiger partial charge in [-0.15, -0.1) is 0 Å². The van der Waals surface area contributed by atoms with E-state index >= 15 is 0 Å². The minimum absolute atomic E-state index is 0.703. The van der Waals surface area contributed by atoms with E-state index in [9.17, 15) is 5.21 Å². The number of benzene rings is 2. The lowest BCUT2D eigenvalue weighted by Gasteiger charge is -2.07. The van der Waals surface area contributed by atoms with Crippen LogP contribution in [0.4, 0.5) is 5.69 Å². The molecule has 2 aromatic rings. The summed E-state index contributed by atoms with van der Waals surface area (Å²) in [7, 11) is 0. The molecule has 0 aromatic heterocycles. The van der Waals surface area contributed by atoms with Gasteiger partial charge in [0.2, 0.25) is 5.69 Å². The van der Waals surface area contributed by atoms with Crippen molar-refractivity contribution in [2.75, 3.05) is 0 Å². The monoisotopic (exact) mass is 225 g/mol. The molecule has 2 rings (SSSR count). The number of rotatable bonds is 2. The van der Waals surface area contributed by atoms with Crippen LogP contribution in [0.25, 0.3) is 0 Å². The van der Waals surface area contributed by atoms with Gasteiger partial charge in [0, 0.05) is 17.2 Å². The molecule has 0 saturated heterocycles. The molecule has 0 fully saturated rings. The quantitative estimate of drug-likeness (QED) is 0.332. The lowest BCUT2D eigenvalue weighted by Crippen LogP contribution is -2.01. The second kappa shape index (κ2) is 4.83. The van der Waals surface area contributed by atoms with Gasteiger partial charge in [-0.05, 0) is 31.5 Å². The topological polar surface area (TPSA) is 26.1 Å². The molecule has 2 aromatic carbocycles. The van der Waals surface area contributed by atoms with E-state index in [4.69, 9.17) is 0 Å². The summed E-state index contributed by atoms with van der Waals surface area (Å²) in [5, 5.41) is 12.0. The summed E-state index contributed by atoms with van der Waals surface area (Å²) in [6.45, 7) is 3.98. The Balaban J connectivity index is 2.41. The standard InChI is InChI=1S/C15H15NO/c1-12-7-6-10-15(13(12)2)16(17)11-14-8-4-3-5-9-14/h3-11H,1-2H3. The van der Waals surface area contributed by atoms with Crippen LogP contribution < -0.4 is 0 Å². The second-order valence-corrected chi connectivity index (χ2v) is 4.08. The minimum atomic E-state index is 0.703. The Morgan fingerprint density at radius 2 is 1.65 bits per heavy atom. The van der Waals surface area contributed by atoms with E-state index in [1.807, 2.05) is 62.4 Å². The molecule has 0 N–H and O–H groups in total. The van der Waals surface area contributed by atoms with Crippen LogP contribution in [0.1, 0.15) is 16.7 Å². The van der Waals surface area contributed by atoms with Crippen LogP contribution in [0.5, 0.6) is 0 Å². The maximum absolute atomic E-state index is 12.0. The molecule has 17 heavy (non-hydrogen) atoms. The fourth-order valence-electron chi connectivity index (χ4n) is 1.72. The van der Waals surface area contributed by atoms with Crippen molar-refractivity contribution < 1.29 is 4.74 Å². The normalized spacial score (nSPS) is 11.5. The first-order chi connectivity index (χ1) is 8.18. The van der Waals surface area contributed by atoms with Gasteiger partial charge in [-0.2, -0.15) is 4.74 Å². The highest BCUT2D eigenvalue weighted by atomic mass is 16.5. The molecule has 0 atom stereocenters. The third kappa shape index (κ3) is 2.53. The third-order valence-corrected chi connectivity index (χ3v) is 2.88. The Bertz CT molecular complexity index is 544. The summed E-state index contributed by atoms with van der Waals surface area (Å²) < 4.78 is 0.928. The zero-order valence-electron chi connectivity index (χ0n) is 10.1. The van der Waals surface area contributed by atoms with Crippen LogP contribution in [0, 0.1) is 19.1 Å². The first-order valence-corrected chi connectivity index (χ1v) is 5.61. The van der Waals surface area contributed by atoms with Gasteiger partial charge in [0.05, 0.1) is 0 Å². The van der Waals surface area contributed by atoms with Gasteiger partial charge in [-0.25, -0.2) is 0 Å². The average molecular weight is 225 g/mol. The molecular formula is C15H15NO. The van der Waals surface area contributed by atoms with Crippen molar-refractivity contribution in [1.29, 1.82) is 0 Å². The van der Waals surface area contributed by atoms with E-state index in [-0.39, 0.29) is 0 Å². The molecule has 2 nitrogen and oxygen atoms in total. The lowest BCUT2D eigenvalue weighted by atomic mass is 10.1. The molecule has 0 radical (unpaired) electrons. The van der Waals surface area contributed by atoms with Crippen molar-refractivity contribution in [2.24, 2.45) is 0 Å². The Kier molecular flexibility index (Phi) is 3.24. The van der Waals surface area contributed by atoms with Crippen LogP contribution in [0.2, 0.25) is 0 Å². The molecule has 0 bridgehead atoms. The van der Waals surface area contributed by atoms with Crippen molar-refractivity contribution in [2.45, 2.75) is 13.8 Å². The molecule has 0 aliphatic carbocycles. The molecule has 0 saturated carbocycles. The molecule has 0 amide bonds. The van der Waals surface area contributed by atoms with Crippen molar-refractivity contribution in [3.8, 4) is 0 Å². The van der Waals surface area contributed by atoms with Crippen LogP contribution in [-0.2, 0) is 0 Å². The molecule has 2 heteroatoms. The molecule has 0 spiro atoms. The third-order valence-electron chi connectivity index (χ3n) is 2.88. The summed E-state index contributed by atoms with van der Waals surface area (Å²) in [5.41, 5.74) is 3.76. The average Bonchev–Trinajstić information content (AvgIpc) is 2.34. The van der Waals surface area contributed by atoms with Crippen LogP contribution in [0.3, 0.4) is 0 Å². The number of hydrogen-bond donors (Lipinski definition) is 0. The molecular weight excluding hydrogens is 210 g/mol. The summed E-state index contributed by atoms with van der Waals surface area (Å²) in [6.07, 6.45) is 1.60. The Morgan fingerprint density at radius 3 is 2.35 bits per heavy atom. The zero-order chi connectivity index (χ0) is 12.3. The SMILES string of the molecule is Cc1cccc([N+]([O-])=Cc2ccccc2)c1C. The maximum atomic E-state index is 12.0. The van der Waals surface area contributed by atoms with E-state index in [1.165, 1.54) is 0 Å². The molecule has 0 heterocycles. The van der Waals surface area contributed by atoms with Crippen LogP contribution >= 0.6 is 0 Å². The fraction of sp³-hybridized carbons (Fsp3) is 0.133. The lowest BCUT2D eigenvalue weighted by molar-refractivity contribution is -0.355. The van der Waals surface area contributed by atoms with Crippen LogP contribution in [0.15, 0.2) is 48.5 Å². The van der Waals surface area contributed by atoms with E-state index in [2.05, 4.69) is 0 Å². The molecule has 0 unspecified atom stereocenters. The first kappa shape index (κ1) is 11.4. The van der Waals surface area contributed by atoms with Gasteiger partial charge in [-0.3, -0.25) is 0 Å². The molecule has 0 aliphatic heterocycles. The number of aryl methyl sites for hydroxylation is 1. The molecule has 86 valence electrons. The van der Waals surface area contributed by atoms with Gasteiger partial charge >= 0.3 is 0 Å². The maximum Gasteiger partial charge on any atom is 0.219 e. The number of nitrogens with zero attached hydrogens (tertiary/aromatic N) is 1. The van der Waals surface area contributed by atoms with Gasteiger partial charge in [0.15, 0.2) is 6.21 Å². The minimum Gasteiger partial charge on any atom is -0.618 e. The van der Waals surface area contributed by atoms with E-state index in [1.54, 1.807) is 6.21 Å². The zero-order valence-corrected chi connectivity index (χ0v) is 10.1. The van der Waals surface area contributed by atoms with Crippen molar-refractivity contribution in [3.05, 3.63) is 70.4 Å². The largest absolute Gasteiger partial charge is 0.618 e. The number of hydrogen-bond acceptors (Lipinski definition) is 1. The Morgan fingerprint density at radius 1 is 0.941 bits per heavy atom. The summed E-state index contributed by atoms with van der Waals surface area (Å²) in [6, 6.07) is 15.4. The summed E-state index contributed by atoms with van der Waals surface area (Å²) in [5.74, 6) is 0. The van der Waals surface area contributed by atoms with Gasteiger partial charge < -0.3 is 5.21 Å². The van der Waals surface area contributed by atoms with Crippen LogP contribution in [-0.4, -0.2) is 11.0 Å². The van der Waals surface area contributed by atoms with E-state index < -0.39 is 0 Å². The van der Waals surface area contributed by atoms with Crippen molar-refractivity contribution in [1.82, 2.24) is 0 Å². The summed E-state index contributed by atoms with van der Waals surface area (Å²) >= 11 is 0. The second-order valence-electron chi connectivity index (χ2n) is 4.08. The highest BCUT2D eigenvalue weighted by Gasteiger charge is 2.07. The van der Waals surface area contributed by atoms with Gasteiger partial charge in [0.1, 0.15) is 0 Å². The highest BCUT2D eigenvalue weighted by Crippen LogP contribution is 2.20. The van der Waals surface area contributed by atoms with Gasteiger partial charge in [-0.1, -0.05) is 30.3 Å². The predicted molar refractivity (Wildman–Crippen MR) is 70.8 cm³/mol. The smallest absolute Gasteiger partial charge is 0.219 e. The molecule has 0 aliphatic rings.